The van der Waals surface area contributed by atoms with E-state index in [4.69, 9.17) is 10.5 Å². The van der Waals surface area contributed by atoms with Gasteiger partial charge in [0.2, 0.25) is 0 Å². The van der Waals surface area contributed by atoms with Gasteiger partial charge < -0.3 is 10.5 Å². The van der Waals surface area contributed by atoms with Gasteiger partial charge in [-0.05, 0) is 30.2 Å². The average Bonchev–Trinajstić information content (AvgIpc) is 2.42. The van der Waals surface area contributed by atoms with Gasteiger partial charge >= 0.3 is 0 Å². The van der Waals surface area contributed by atoms with Gasteiger partial charge in [-0.3, -0.25) is 4.98 Å². The maximum Gasteiger partial charge on any atom is 0.150 e. The van der Waals surface area contributed by atoms with Crippen LogP contribution in [0.1, 0.15) is 24.5 Å². The van der Waals surface area contributed by atoms with E-state index in [1.165, 1.54) is 5.56 Å². The molecule has 0 fully saturated rings. The van der Waals surface area contributed by atoms with E-state index in [1.807, 2.05) is 18.2 Å². The first kappa shape index (κ1) is 12.6. The van der Waals surface area contributed by atoms with Crippen molar-refractivity contribution in [1.82, 2.24) is 4.98 Å². The van der Waals surface area contributed by atoms with Crippen molar-refractivity contribution in [2.24, 2.45) is 5.73 Å². The lowest BCUT2D eigenvalue weighted by Gasteiger charge is -2.09. The number of nitrogens with zero attached hydrogens (tertiary/aromatic N) is 1. The Morgan fingerprint density at radius 2 is 1.94 bits per heavy atom. The molecule has 0 saturated heterocycles. The molecule has 0 bridgehead atoms. The van der Waals surface area contributed by atoms with Crippen LogP contribution >= 0.6 is 0 Å². The van der Waals surface area contributed by atoms with Crippen LogP contribution in [-0.4, -0.2) is 4.98 Å². The molecule has 0 spiro atoms. The van der Waals surface area contributed by atoms with Gasteiger partial charge in [0.05, 0.1) is 6.20 Å². The highest BCUT2D eigenvalue weighted by Gasteiger charge is 2.03. The van der Waals surface area contributed by atoms with Gasteiger partial charge in [-0.2, -0.15) is 0 Å². The van der Waals surface area contributed by atoms with Gasteiger partial charge in [-0.25, -0.2) is 0 Å². The maximum atomic E-state index is 5.79. The molecule has 0 amide bonds. The van der Waals surface area contributed by atoms with E-state index in [2.05, 4.69) is 24.0 Å². The van der Waals surface area contributed by atoms with Crippen LogP contribution in [0.5, 0.6) is 11.5 Å². The smallest absolute Gasteiger partial charge is 0.150 e. The van der Waals surface area contributed by atoms with Crippen LogP contribution in [0.3, 0.4) is 0 Å². The molecule has 1 heterocycles. The molecule has 18 heavy (non-hydrogen) atoms. The first-order valence-electron chi connectivity index (χ1n) is 6.23. The Bertz CT molecular complexity index is 494. The number of aryl methyl sites for hydroxylation is 1. The predicted molar refractivity (Wildman–Crippen MR) is 72.6 cm³/mol. The zero-order chi connectivity index (χ0) is 12.8. The highest BCUT2D eigenvalue weighted by molar-refractivity contribution is 5.36. The molecule has 0 atom stereocenters. The van der Waals surface area contributed by atoms with Crippen molar-refractivity contribution in [3.05, 3.63) is 53.9 Å². The first-order valence-corrected chi connectivity index (χ1v) is 6.23. The van der Waals surface area contributed by atoms with E-state index in [0.29, 0.717) is 6.54 Å². The summed E-state index contributed by atoms with van der Waals surface area (Å²) < 4.78 is 5.79. The van der Waals surface area contributed by atoms with Crippen molar-refractivity contribution in [2.45, 2.75) is 26.3 Å². The van der Waals surface area contributed by atoms with Crippen LogP contribution in [0.25, 0.3) is 0 Å². The molecule has 3 nitrogen and oxygen atoms in total. The number of pyridine rings is 1. The Morgan fingerprint density at radius 1 is 1.17 bits per heavy atom. The monoisotopic (exact) mass is 242 g/mol. The zero-order valence-corrected chi connectivity index (χ0v) is 10.6. The van der Waals surface area contributed by atoms with Crippen LogP contribution in [-0.2, 0) is 13.0 Å². The fraction of sp³-hybridized carbons (Fsp3) is 0.267. The van der Waals surface area contributed by atoms with E-state index in [1.54, 1.807) is 12.4 Å². The quantitative estimate of drug-likeness (QED) is 0.875. The van der Waals surface area contributed by atoms with Gasteiger partial charge in [0.25, 0.3) is 0 Å². The third kappa shape index (κ3) is 3.08. The number of hydrogen-bond donors (Lipinski definition) is 1. The fourth-order valence-corrected chi connectivity index (χ4v) is 1.81. The molecule has 2 N–H and O–H groups in total. The van der Waals surface area contributed by atoms with Crippen molar-refractivity contribution < 1.29 is 4.74 Å². The number of rotatable bonds is 5. The van der Waals surface area contributed by atoms with Crippen LogP contribution in [0.2, 0.25) is 0 Å². The Labute approximate surface area is 108 Å². The zero-order valence-electron chi connectivity index (χ0n) is 10.6. The maximum absolute atomic E-state index is 5.79. The van der Waals surface area contributed by atoms with Crippen molar-refractivity contribution >= 4 is 0 Å². The number of nitrogens with two attached hydrogens (primary N) is 1. The summed E-state index contributed by atoms with van der Waals surface area (Å²) in [5.41, 5.74) is 7.95. The minimum atomic E-state index is 0.450. The second-order valence-corrected chi connectivity index (χ2v) is 4.18. The molecule has 2 aromatic rings. The molecule has 1 aromatic heterocycles. The number of ether oxygens (including phenoxy) is 1. The summed E-state index contributed by atoms with van der Waals surface area (Å²) in [5.74, 6) is 1.54. The summed E-state index contributed by atoms with van der Waals surface area (Å²) in [7, 11) is 0. The molecule has 1 aromatic carbocycles. The van der Waals surface area contributed by atoms with Gasteiger partial charge in [0.15, 0.2) is 0 Å². The molecular formula is C15H18N2O. The first-order chi connectivity index (χ1) is 8.83. The van der Waals surface area contributed by atoms with Gasteiger partial charge in [-0.15, -0.1) is 0 Å². The molecular weight excluding hydrogens is 224 g/mol. The lowest BCUT2D eigenvalue weighted by molar-refractivity contribution is 0.473. The highest BCUT2D eigenvalue weighted by atomic mass is 16.5. The normalized spacial score (nSPS) is 10.3. The minimum absolute atomic E-state index is 0.450. The van der Waals surface area contributed by atoms with Crippen LogP contribution in [0.4, 0.5) is 0 Å². The molecule has 3 heteroatoms. The minimum Gasteiger partial charge on any atom is -0.455 e. The largest absolute Gasteiger partial charge is 0.455 e. The molecule has 2 rings (SSSR count). The third-order valence-electron chi connectivity index (χ3n) is 2.78. The second kappa shape index (κ2) is 6.17. The van der Waals surface area contributed by atoms with E-state index in [-0.39, 0.29) is 0 Å². The highest BCUT2D eigenvalue weighted by Crippen LogP contribution is 2.24. The van der Waals surface area contributed by atoms with Gasteiger partial charge in [0, 0.05) is 18.3 Å². The summed E-state index contributed by atoms with van der Waals surface area (Å²) >= 11 is 0. The summed E-state index contributed by atoms with van der Waals surface area (Å²) in [5, 5.41) is 0. The summed E-state index contributed by atoms with van der Waals surface area (Å²) in [6, 6.07) is 10.0. The predicted octanol–water partition coefficient (Wildman–Crippen LogP) is 3.29. The molecule has 0 unspecified atom stereocenters. The molecule has 0 aliphatic heterocycles. The van der Waals surface area contributed by atoms with Crippen molar-refractivity contribution in [3.8, 4) is 11.5 Å². The number of hydrogen-bond acceptors (Lipinski definition) is 3. The molecule has 94 valence electrons. The van der Waals surface area contributed by atoms with Gasteiger partial charge in [0.1, 0.15) is 11.5 Å². The molecule has 0 aliphatic rings. The van der Waals surface area contributed by atoms with Crippen LogP contribution < -0.4 is 10.5 Å². The molecule has 0 aliphatic carbocycles. The van der Waals surface area contributed by atoms with Crippen LogP contribution in [0.15, 0.2) is 42.7 Å². The summed E-state index contributed by atoms with van der Waals surface area (Å²) in [6.07, 6.45) is 5.67. The average molecular weight is 242 g/mol. The second-order valence-electron chi connectivity index (χ2n) is 4.18. The lowest BCUT2D eigenvalue weighted by Crippen LogP contribution is -1.99. The van der Waals surface area contributed by atoms with E-state index < -0.39 is 0 Å². The number of aromatic nitrogens is 1. The Hall–Kier alpha value is -1.87. The fourth-order valence-electron chi connectivity index (χ4n) is 1.81. The Morgan fingerprint density at radius 3 is 2.61 bits per heavy atom. The van der Waals surface area contributed by atoms with Crippen molar-refractivity contribution in [2.75, 3.05) is 0 Å². The Balaban J connectivity index is 2.13. The van der Waals surface area contributed by atoms with Gasteiger partial charge in [-0.1, -0.05) is 25.5 Å². The van der Waals surface area contributed by atoms with Crippen LogP contribution in [0, 0.1) is 0 Å². The summed E-state index contributed by atoms with van der Waals surface area (Å²) in [6.45, 7) is 2.62. The molecule has 0 saturated carbocycles. The van der Waals surface area contributed by atoms with Crippen molar-refractivity contribution in [1.29, 1.82) is 0 Å². The summed E-state index contributed by atoms with van der Waals surface area (Å²) in [4.78, 5) is 4.06. The SMILES string of the molecule is CCCc1ccc(Oc2cnccc2CN)cc1. The van der Waals surface area contributed by atoms with Crippen molar-refractivity contribution in [3.63, 3.8) is 0 Å². The third-order valence-corrected chi connectivity index (χ3v) is 2.78. The van der Waals surface area contributed by atoms with E-state index >= 15 is 0 Å². The van der Waals surface area contributed by atoms with E-state index in [9.17, 15) is 0 Å². The standard InChI is InChI=1S/C15H18N2O/c1-2-3-12-4-6-14(7-5-12)18-15-11-17-9-8-13(15)10-16/h4-9,11H,2-3,10,16H2,1H3. The lowest BCUT2D eigenvalue weighted by atomic mass is 10.1. The number of benzene rings is 1. The van der Waals surface area contributed by atoms with E-state index in [0.717, 1.165) is 29.9 Å². The Kier molecular flexibility index (Phi) is 4.31. The molecule has 0 radical (unpaired) electrons. The topological polar surface area (TPSA) is 48.1 Å².